The van der Waals surface area contributed by atoms with E-state index in [4.69, 9.17) is 5.11 Å². The van der Waals surface area contributed by atoms with E-state index in [-0.39, 0.29) is 6.54 Å². The molecule has 0 saturated carbocycles. The second-order valence-electron chi connectivity index (χ2n) is 5.30. The van der Waals surface area contributed by atoms with Gasteiger partial charge in [0.05, 0.1) is 5.92 Å². The monoisotopic (exact) mass is 276 g/mol. The van der Waals surface area contributed by atoms with E-state index in [0.717, 1.165) is 12.8 Å². The van der Waals surface area contributed by atoms with E-state index in [2.05, 4.69) is 0 Å². The number of piperidine rings is 1. The summed E-state index contributed by atoms with van der Waals surface area (Å²) < 4.78 is 27.5. The minimum absolute atomic E-state index is 0.114. The van der Waals surface area contributed by atoms with Gasteiger partial charge < -0.3 is 5.11 Å². The second kappa shape index (κ2) is 5.14. The Balaban J connectivity index is 2.05. The Morgan fingerprint density at radius 1 is 1.17 bits per heavy atom. The van der Waals surface area contributed by atoms with Crippen molar-refractivity contribution in [3.05, 3.63) is 0 Å². The number of aliphatic carboxylic acids is 1. The highest BCUT2D eigenvalue weighted by atomic mass is 32.2. The smallest absolute Gasteiger partial charge is 0.307 e. The number of nitrogens with zero attached hydrogens (tertiary/aromatic N) is 2. The van der Waals surface area contributed by atoms with Gasteiger partial charge in [-0.3, -0.25) is 4.79 Å². The molecular formula is C11H20N2O4S. The normalized spacial score (nSPS) is 31.6. The van der Waals surface area contributed by atoms with Crippen molar-refractivity contribution in [3.8, 4) is 0 Å². The molecule has 2 atom stereocenters. The number of rotatable bonds is 3. The van der Waals surface area contributed by atoms with Gasteiger partial charge in [-0.15, -0.1) is 0 Å². The van der Waals surface area contributed by atoms with Crippen molar-refractivity contribution < 1.29 is 18.3 Å². The van der Waals surface area contributed by atoms with Crippen molar-refractivity contribution in [2.45, 2.75) is 26.2 Å². The number of carbonyl (C=O) groups is 1. The summed E-state index contributed by atoms with van der Waals surface area (Å²) in [6.45, 7) is 3.59. The highest BCUT2D eigenvalue weighted by molar-refractivity contribution is 7.86. The number of hydrogen-bond donors (Lipinski definition) is 1. The molecule has 6 nitrogen and oxygen atoms in total. The summed E-state index contributed by atoms with van der Waals surface area (Å²) in [5.41, 5.74) is 0. The van der Waals surface area contributed by atoms with Gasteiger partial charge in [-0.1, -0.05) is 6.92 Å². The van der Waals surface area contributed by atoms with Crippen molar-refractivity contribution in [2.24, 2.45) is 11.8 Å². The Bertz CT molecular complexity index is 423. The van der Waals surface area contributed by atoms with Crippen LogP contribution in [0.1, 0.15) is 26.2 Å². The molecule has 0 unspecified atom stereocenters. The zero-order chi connectivity index (χ0) is 13.3. The molecule has 0 aromatic heterocycles. The Labute approximate surface area is 108 Å². The van der Waals surface area contributed by atoms with Crippen LogP contribution < -0.4 is 0 Å². The van der Waals surface area contributed by atoms with Crippen LogP contribution in [-0.4, -0.2) is 54.3 Å². The van der Waals surface area contributed by atoms with E-state index < -0.39 is 22.1 Å². The van der Waals surface area contributed by atoms with Gasteiger partial charge in [-0.05, 0) is 25.2 Å². The zero-order valence-electron chi connectivity index (χ0n) is 10.6. The third-order valence-corrected chi connectivity index (χ3v) is 5.74. The van der Waals surface area contributed by atoms with E-state index in [0.29, 0.717) is 32.0 Å². The first kappa shape index (κ1) is 13.8. The van der Waals surface area contributed by atoms with Crippen LogP contribution in [0.4, 0.5) is 0 Å². The van der Waals surface area contributed by atoms with Crippen LogP contribution in [0.5, 0.6) is 0 Å². The van der Waals surface area contributed by atoms with Crippen LogP contribution in [0, 0.1) is 11.8 Å². The molecule has 0 aromatic rings. The molecule has 7 heteroatoms. The van der Waals surface area contributed by atoms with Gasteiger partial charge >= 0.3 is 5.97 Å². The predicted molar refractivity (Wildman–Crippen MR) is 66.2 cm³/mol. The molecule has 0 aliphatic carbocycles. The molecular weight excluding hydrogens is 256 g/mol. The fraction of sp³-hybridized carbons (Fsp3) is 0.909. The summed E-state index contributed by atoms with van der Waals surface area (Å²) in [7, 11) is -3.46. The molecule has 0 aromatic carbocycles. The highest BCUT2D eigenvalue weighted by Gasteiger charge is 2.39. The van der Waals surface area contributed by atoms with E-state index >= 15 is 0 Å². The first-order chi connectivity index (χ1) is 8.41. The maximum atomic E-state index is 12.4. The molecule has 18 heavy (non-hydrogen) atoms. The third kappa shape index (κ3) is 2.67. The van der Waals surface area contributed by atoms with Crippen LogP contribution in [0.2, 0.25) is 0 Å². The number of carboxylic acids is 1. The van der Waals surface area contributed by atoms with Crippen molar-refractivity contribution >= 4 is 16.2 Å². The van der Waals surface area contributed by atoms with Gasteiger partial charge in [0.25, 0.3) is 10.2 Å². The SMILES string of the molecule is C[C@H]1CCCN(S(=O)(=O)N2CC[C@H](C(=O)O)C2)C1. The molecule has 0 amide bonds. The molecule has 104 valence electrons. The first-order valence-corrected chi connectivity index (χ1v) is 7.79. The third-order valence-electron chi connectivity index (χ3n) is 3.77. The number of hydrogen-bond acceptors (Lipinski definition) is 3. The molecule has 2 fully saturated rings. The Morgan fingerprint density at radius 3 is 2.39 bits per heavy atom. The maximum absolute atomic E-state index is 12.4. The minimum atomic E-state index is -3.46. The van der Waals surface area contributed by atoms with Gasteiger partial charge in [-0.2, -0.15) is 17.0 Å². The van der Waals surface area contributed by atoms with Crippen molar-refractivity contribution in [2.75, 3.05) is 26.2 Å². The molecule has 0 radical (unpaired) electrons. The summed E-state index contributed by atoms with van der Waals surface area (Å²) >= 11 is 0. The topological polar surface area (TPSA) is 77.9 Å². The maximum Gasteiger partial charge on any atom is 0.307 e. The fourth-order valence-corrected chi connectivity index (χ4v) is 4.49. The fourth-order valence-electron chi connectivity index (χ4n) is 2.66. The minimum Gasteiger partial charge on any atom is -0.481 e. The number of carboxylic acid groups (broad SMARTS) is 1. The highest BCUT2D eigenvalue weighted by Crippen LogP contribution is 2.25. The molecule has 2 saturated heterocycles. The van der Waals surface area contributed by atoms with E-state index in [1.165, 1.54) is 8.61 Å². The van der Waals surface area contributed by atoms with E-state index in [1.54, 1.807) is 0 Å². The standard InChI is InChI=1S/C11H20N2O4S/c1-9-3-2-5-12(7-9)18(16,17)13-6-4-10(8-13)11(14)15/h9-10H,2-8H2,1H3,(H,14,15)/t9-,10-/m0/s1. The molecule has 1 N–H and O–H groups in total. The van der Waals surface area contributed by atoms with Crippen LogP contribution in [0.3, 0.4) is 0 Å². The summed E-state index contributed by atoms with van der Waals surface area (Å²) in [5, 5.41) is 8.91. The van der Waals surface area contributed by atoms with Gasteiger partial charge in [0.15, 0.2) is 0 Å². The second-order valence-corrected chi connectivity index (χ2v) is 7.22. The Morgan fingerprint density at radius 2 is 1.83 bits per heavy atom. The summed E-state index contributed by atoms with van der Waals surface area (Å²) in [5.74, 6) is -1.08. The van der Waals surface area contributed by atoms with E-state index in [1.807, 2.05) is 6.92 Å². The molecule has 2 rings (SSSR count). The lowest BCUT2D eigenvalue weighted by Crippen LogP contribution is -2.47. The lowest BCUT2D eigenvalue weighted by atomic mass is 10.0. The summed E-state index contributed by atoms with van der Waals surface area (Å²) in [4.78, 5) is 10.9. The van der Waals surface area contributed by atoms with Gasteiger partial charge in [0, 0.05) is 26.2 Å². The Hall–Kier alpha value is -0.660. The summed E-state index contributed by atoms with van der Waals surface area (Å²) in [6.07, 6.45) is 2.36. The summed E-state index contributed by atoms with van der Waals surface area (Å²) in [6, 6.07) is 0. The van der Waals surface area contributed by atoms with Crippen LogP contribution in [0.15, 0.2) is 0 Å². The molecule has 2 aliphatic rings. The average Bonchev–Trinajstić information content (AvgIpc) is 2.79. The van der Waals surface area contributed by atoms with Crippen molar-refractivity contribution in [3.63, 3.8) is 0 Å². The zero-order valence-corrected chi connectivity index (χ0v) is 11.4. The van der Waals surface area contributed by atoms with Crippen LogP contribution >= 0.6 is 0 Å². The molecule has 2 heterocycles. The van der Waals surface area contributed by atoms with Crippen LogP contribution in [-0.2, 0) is 15.0 Å². The van der Waals surface area contributed by atoms with Gasteiger partial charge in [-0.25, -0.2) is 0 Å². The molecule has 2 aliphatic heterocycles. The largest absolute Gasteiger partial charge is 0.481 e. The van der Waals surface area contributed by atoms with E-state index in [9.17, 15) is 13.2 Å². The molecule has 0 bridgehead atoms. The lowest BCUT2D eigenvalue weighted by Gasteiger charge is -2.32. The Kier molecular flexibility index (Phi) is 3.93. The first-order valence-electron chi connectivity index (χ1n) is 6.39. The lowest BCUT2D eigenvalue weighted by molar-refractivity contribution is -0.141. The van der Waals surface area contributed by atoms with Crippen molar-refractivity contribution in [1.29, 1.82) is 0 Å². The van der Waals surface area contributed by atoms with Crippen molar-refractivity contribution in [1.82, 2.24) is 8.61 Å². The van der Waals surface area contributed by atoms with Gasteiger partial charge in [0.2, 0.25) is 0 Å². The van der Waals surface area contributed by atoms with Gasteiger partial charge in [0.1, 0.15) is 0 Å². The average molecular weight is 276 g/mol. The molecule has 0 spiro atoms. The predicted octanol–water partition coefficient (Wildman–Crippen LogP) is 0.370. The quantitative estimate of drug-likeness (QED) is 0.808. The van der Waals surface area contributed by atoms with Crippen LogP contribution in [0.25, 0.3) is 0 Å².